The molecule has 3 atom stereocenters. The van der Waals surface area contributed by atoms with Gasteiger partial charge in [-0.3, -0.25) is 4.79 Å². The number of fused-ring (bicyclic) bond motifs is 2. The summed E-state index contributed by atoms with van der Waals surface area (Å²) in [6.07, 6.45) is 4.76. The number of aryl methyl sites for hydroxylation is 1. The average Bonchev–Trinajstić information content (AvgIpc) is 3.44. The number of hydrogen-bond donors (Lipinski definition) is 0. The lowest BCUT2D eigenvalue weighted by Gasteiger charge is -2.29. The van der Waals surface area contributed by atoms with Gasteiger partial charge in [0.1, 0.15) is 6.61 Å². The molecule has 1 aliphatic carbocycles. The summed E-state index contributed by atoms with van der Waals surface area (Å²) < 4.78 is 11.0. The highest BCUT2D eigenvalue weighted by molar-refractivity contribution is 5.83. The molecular formula is C29H31NO4. The van der Waals surface area contributed by atoms with Gasteiger partial charge in [0.25, 0.3) is 0 Å². The number of hydrogen-bond acceptors (Lipinski definition) is 4. The van der Waals surface area contributed by atoms with Gasteiger partial charge in [-0.15, -0.1) is 0 Å². The van der Waals surface area contributed by atoms with Crippen LogP contribution in [0.2, 0.25) is 0 Å². The van der Waals surface area contributed by atoms with Crippen molar-refractivity contribution in [2.24, 2.45) is 5.92 Å². The van der Waals surface area contributed by atoms with Crippen LogP contribution in [0.15, 0.2) is 72.8 Å². The molecule has 5 rings (SSSR count). The second-order valence-corrected chi connectivity index (χ2v) is 9.43. The maximum atomic E-state index is 13.3. The van der Waals surface area contributed by atoms with Crippen LogP contribution in [0.3, 0.4) is 0 Å². The van der Waals surface area contributed by atoms with Crippen LogP contribution in [0.4, 0.5) is 4.79 Å². The lowest BCUT2D eigenvalue weighted by molar-refractivity contribution is -0.142. The second-order valence-electron chi connectivity index (χ2n) is 9.43. The van der Waals surface area contributed by atoms with Crippen LogP contribution in [0.5, 0.6) is 0 Å². The van der Waals surface area contributed by atoms with Crippen LogP contribution in [0.25, 0.3) is 10.8 Å². The van der Waals surface area contributed by atoms with Gasteiger partial charge in [0.15, 0.2) is 6.23 Å². The molecule has 2 aliphatic rings. The van der Waals surface area contributed by atoms with E-state index < -0.39 is 12.4 Å². The van der Waals surface area contributed by atoms with Gasteiger partial charge < -0.3 is 14.4 Å². The summed E-state index contributed by atoms with van der Waals surface area (Å²) in [5.74, 6) is 0.493. The zero-order chi connectivity index (χ0) is 23.3. The predicted octanol–water partition coefficient (Wildman–Crippen LogP) is 6.24. The van der Waals surface area contributed by atoms with Crippen molar-refractivity contribution in [1.82, 2.24) is 4.90 Å². The Kier molecular flexibility index (Phi) is 6.79. The van der Waals surface area contributed by atoms with Crippen LogP contribution in [-0.2, 0) is 27.3 Å². The quantitative estimate of drug-likeness (QED) is 0.394. The largest absolute Gasteiger partial charge is 0.510 e. The Morgan fingerprint density at radius 1 is 0.882 bits per heavy atom. The summed E-state index contributed by atoms with van der Waals surface area (Å²) in [6, 6.07) is 24.5. The lowest BCUT2D eigenvalue weighted by Crippen LogP contribution is -2.43. The maximum absolute atomic E-state index is 13.3. The molecule has 0 N–H and O–H groups in total. The van der Waals surface area contributed by atoms with Gasteiger partial charge in [-0.25, -0.2) is 4.79 Å². The van der Waals surface area contributed by atoms with Crippen LogP contribution >= 0.6 is 0 Å². The molecule has 0 bridgehead atoms. The molecule has 3 aromatic carbocycles. The Morgan fingerprint density at radius 3 is 2.53 bits per heavy atom. The zero-order valence-corrected chi connectivity index (χ0v) is 19.4. The molecule has 3 aromatic rings. The maximum Gasteiger partial charge on any atom is 0.510 e. The summed E-state index contributed by atoms with van der Waals surface area (Å²) in [7, 11) is 0. The molecule has 0 spiro atoms. The number of rotatable bonds is 7. The molecule has 34 heavy (non-hydrogen) atoms. The first-order valence-electron chi connectivity index (χ1n) is 12.3. The van der Waals surface area contributed by atoms with E-state index in [1.54, 1.807) is 0 Å². The molecule has 1 heterocycles. The van der Waals surface area contributed by atoms with E-state index in [1.807, 2.05) is 47.4 Å². The van der Waals surface area contributed by atoms with Crippen molar-refractivity contribution in [2.75, 3.05) is 0 Å². The second kappa shape index (κ2) is 10.3. The van der Waals surface area contributed by atoms with E-state index >= 15 is 0 Å². The van der Waals surface area contributed by atoms with E-state index in [-0.39, 0.29) is 18.6 Å². The fourth-order valence-electron chi connectivity index (χ4n) is 5.52. The summed E-state index contributed by atoms with van der Waals surface area (Å²) >= 11 is 0. The normalized spacial score (nSPS) is 21.4. The number of amides is 1. The molecule has 1 aliphatic heterocycles. The molecular weight excluding hydrogens is 426 g/mol. The SMILES string of the molecule is O=C(OCc1ccccc1)O[C@H]1C[C@@H]2CCC[C@@H]2N1C(=O)CCCc1ccc2ccccc2c1. The lowest BCUT2D eigenvalue weighted by atomic mass is 10.0. The van der Waals surface area contributed by atoms with Gasteiger partial charge in [0, 0.05) is 18.9 Å². The van der Waals surface area contributed by atoms with Crippen molar-refractivity contribution in [3.05, 3.63) is 83.9 Å². The van der Waals surface area contributed by atoms with Gasteiger partial charge in [-0.05, 0) is 53.5 Å². The van der Waals surface area contributed by atoms with Crippen LogP contribution in [0, 0.1) is 5.92 Å². The van der Waals surface area contributed by atoms with Gasteiger partial charge in [0.05, 0.1) is 0 Å². The van der Waals surface area contributed by atoms with E-state index in [9.17, 15) is 9.59 Å². The minimum absolute atomic E-state index is 0.0797. The Balaban J connectivity index is 1.17. The van der Waals surface area contributed by atoms with Gasteiger partial charge in [0.2, 0.25) is 5.91 Å². The third-order valence-corrected chi connectivity index (χ3v) is 7.18. The van der Waals surface area contributed by atoms with Gasteiger partial charge in [-0.1, -0.05) is 79.2 Å². The fourth-order valence-corrected chi connectivity index (χ4v) is 5.52. The van der Waals surface area contributed by atoms with Gasteiger partial charge in [-0.2, -0.15) is 0 Å². The topological polar surface area (TPSA) is 55.8 Å². The Labute approximate surface area is 200 Å². The van der Waals surface area contributed by atoms with Crippen molar-refractivity contribution in [2.45, 2.75) is 63.8 Å². The number of carbonyl (C=O) groups excluding carboxylic acids is 2. The first-order valence-corrected chi connectivity index (χ1v) is 12.3. The van der Waals surface area contributed by atoms with Crippen LogP contribution in [0.1, 0.15) is 49.7 Å². The van der Waals surface area contributed by atoms with E-state index in [2.05, 4.69) is 30.3 Å². The number of likely N-dealkylation sites (tertiary alicyclic amines) is 1. The molecule has 176 valence electrons. The summed E-state index contributed by atoms with van der Waals surface area (Å²) in [4.78, 5) is 27.5. The Morgan fingerprint density at radius 2 is 1.68 bits per heavy atom. The molecule has 5 heteroatoms. The van der Waals surface area contributed by atoms with E-state index in [0.29, 0.717) is 18.8 Å². The highest BCUT2D eigenvalue weighted by Crippen LogP contribution is 2.42. The van der Waals surface area contributed by atoms with Crippen molar-refractivity contribution in [3.8, 4) is 0 Å². The average molecular weight is 458 g/mol. The van der Waals surface area contributed by atoms with Crippen molar-refractivity contribution < 1.29 is 19.1 Å². The van der Waals surface area contributed by atoms with Crippen molar-refractivity contribution in [3.63, 3.8) is 0 Å². The minimum Gasteiger partial charge on any atom is -0.429 e. The minimum atomic E-state index is -0.706. The van der Waals surface area contributed by atoms with Crippen LogP contribution in [-0.4, -0.2) is 29.2 Å². The molecule has 0 radical (unpaired) electrons. The third kappa shape index (κ3) is 5.09. The number of carbonyl (C=O) groups is 2. The molecule has 0 aromatic heterocycles. The number of benzene rings is 3. The predicted molar refractivity (Wildman–Crippen MR) is 131 cm³/mol. The molecule has 0 unspecified atom stereocenters. The van der Waals surface area contributed by atoms with E-state index in [1.165, 1.54) is 16.3 Å². The van der Waals surface area contributed by atoms with E-state index in [4.69, 9.17) is 9.47 Å². The van der Waals surface area contributed by atoms with Crippen molar-refractivity contribution in [1.29, 1.82) is 0 Å². The Hall–Kier alpha value is -3.34. The zero-order valence-electron chi connectivity index (χ0n) is 19.4. The first kappa shape index (κ1) is 22.5. The smallest absolute Gasteiger partial charge is 0.429 e. The molecule has 1 saturated heterocycles. The fraction of sp³-hybridized carbons (Fsp3) is 0.379. The summed E-state index contributed by atoms with van der Waals surface area (Å²) in [5, 5.41) is 2.45. The van der Waals surface area contributed by atoms with E-state index in [0.717, 1.165) is 37.7 Å². The monoisotopic (exact) mass is 457 g/mol. The van der Waals surface area contributed by atoms with Gasteiger partial charge >= 0.3 is 6.16 Å². The standard InChI is InChI=1S/C29H31NO4/c31-27(15-6-10-21-16-17-23-11-4-5-12-24(23)18-21)30-26-14-7-13-25(26)19-28(30)34-29(32)33-20-22-8-2-1-3-9-22/h1-5,8-9,11-12,16-18,25-26,28H,6-7,10,13-15,19-20H2/t25-,26-,28-/m0/s1. The molecule has 2 fully saturated rings. The van der Waals surface area contributed by atoms with Crippen LogP contribution < -0.4 is 0 Å². The first-order chi connectivity index (χ1) is 16.7. The summed E-state index contributed by atoms with van der Waals surface area (Å²) in [5.41, 5.74) is 2.15. The molecule has 1 saturated carbocycles. The molecule has 5 nitrogen and oxygen atoms in total. The Bertz CT molecular complexity index is 1150. The highest BCUT2D eigenvalue weighted by Gasteiger charge is 2.47. The summed E-state index contributed by atoms with van der Waals surface area (Å²) in [6.45, 7) is 0.166. The third-order valence-electron chi connectivity index (χ3n) is 7.18. The van der Waals surface area contributed by atoms with Crippen molar-refractivity contribution >= 4 is 22.8 Å². The molecule has 1 amide bonds. The number of nitrogens with zero attached hydrogens (tertiary/aromatic N) is 1. The number of ether oxygens (including phenoxy) is 2. The highest BCUT2D eigenvalue weighted by atomic mass is 16.7.